The molecule has 0 spiro atoms. The third kappa shape index (κ3) is 3.74. The van der Waals surface area contributed by atoms with E-state index in [1.165, 1.54) is 24.0 Å². The molecule has 100 valence electrons. The van der Waals surface area contributed by atoms with Gasteiger partial charge in [0.1, 0.15) is 11.9 Å². The van der Waals surface area contributed by atoms with E-state index in [1.807, 2.05) is 0 Å². The smallest absolute Gasteiger partial charge is 0.122 e. The molecule has 1 saturated carbocycles. The van der Waals surface area contributed by atoms with Gasteiger partial charge in [-0.25, -0.2) is 0 Å². The van der Waals surface area contributed by atoms with E-state index in [0.29, 0.717) is 5.92 Å². The third-order valence-electron chi connectivity index (χ3n) is 3.55. The van der Waals surface area contributed by atoms with Gasteiger partial charge >= 0.3 is 0 Å². The summed E-state index contributed by atoms with van der Waals surface area (Å²) >= 11 is 0. The van der Waals surface area contributed by atoms with E-state index < -0.39 is 0 Å². The SMILES string of the molecule is Cc1ccc(C)c(OC(CNC2CC2)C(C)C)c1. The second kappa shape index (κ2) is 5.75. The van der Waals surface area contributed by atoms with Crippen molar-refractivity contribution >= 4 is 0 Å². The maximum atomic E-state index is 6.20. The zero-order valence-electron chi connectivity index (χ0n) is 12.0. The fourth-order valence-electron chi connectivity index (χ4n) is 1.98. The highest BCUT2D eigenvalue weighted by molar-refractivity contribution is 5.36. The van der Waals surface area contributed by atoms with E-state index in [2.05, 4.69) is 51.2 Å². The molecule has 0 radical (unpaired) electrons. The van der Waals surface area contributed by atoms with Crippen molar-refractivity contribution in [3.8, 4) is 5.75 Å². The maximum Gasteiger partial charge on any atom is 0.122 e. The summed E-state index contributed by atoms with van der Waals surface area (Å²) in [6.45, 7) is 9.63. The minimum atomic E-state index is 0.256. The number of ether oxygens (including phenoxy) is 1. The number of aryl methyl sites for hydroxylation is 2. The summed E-state index contributed by atoms with van der Waals surface area (Å²) in [6.07, 6.45) is 2.91. The van der Waals surface area contributed by atoms with Crippen LogP contribution in [0.5, 0.6) is 5.75 Å². The average molecular weight is 247 g/mol. The summed E-state index contributed by atoms with van der Waals surface area (Å²) in [7, 11) is 0. The van der Waals surface area contributed by atoms with Gasteiger partial charge < -0.3 is 10.1 Å². The molecule has 1 unspecified atom stereocenters. The first-order valence-electron chi connectivity index (χ1n) is 7.03. The Morgan fingerprint density at radius 2 is 2.00 bits per heavy atom. The molecule has 2 heteroatoms. The number of rotatable bonds is 6. The third-order valence-corrected chi connectivity index (χ3v) is 3.55. The Morgan fingerprint density at radius 1 is 1.28 bits per heavy atom. The van der Waals surface area contributed by atoms with Crippen molar-refractivity contribution < 1.29 is 4.74 Å². The first kappa shape index (κ1) is 13.4. The largest absolute Gasteiger partial charge is 0.489 e. The quantitative estimate of drug-likeness (QED) is 0.831. The number of benzene rings is 1. The Morgan fingerprint density at radius 3 is 2.61 bits per heavy atom. The Balaban J connectivity index is 1.99. The van der Waals surface area contributed by atoms with Gasteiger partial charge in [0, 0.05) is 12.6 Å². The van der Waals surface area contributed by atoms with Gasteiger partial charge in [-0.15, -0.1) is 0 Å². The molecule has 1 aliphatic rings. The predicted molar refractivity (Wildman–Crippen MR) is 76.2 cm³/mol. The fraction of sp³-hybridized carbons (Fsp3) is 0.625. The highest BCUT2D eigenvalue weighted by Gasteiger charge is 2.24. The van der Waals surface area contributed by atoms with Gasteiger partial charge in [0.2, 0.25) is 0 Å². The zero-order chi connectivity index (χ0) is 13.1. The first-order valence-corrected chi connectivity index (χ1v) is 7.03. The number of nitrogens with one attached hydrogen (secondary N) is 1. The van der Waals surface area contributed by atoms with E-state index in [4.69, 9.17) is 4.74 Å². The number of hydrogen-bond acceptors (Lipinski definition) is 2. The van der Waals surface area contributed by atoms with E-state index in [-0.39, 0.29) is 6.10 Å². The van der Waals surface area contributed by atoms with E-state index >= 15 is 0 Å². The molecule has 0 heterocycles. The van der Waals surface area contributed by atoms with Gasteiger partial charge in [-0.2, -0.15) is 0 Å². The summed E-state index contributed by atoms with van der Waals surface area (Å²) in [5.74, 6) is 1.56. The van der Waals surface area contributed by atoms with Crippen LogP contribution in [0.4, 0.5) is 0 Å². The molecular weight excluding hydrogens is 222 g/mol. The van der Waals surface area contributed by atoms with Crippen molar-refractivity contribution in [2.75, 3.05) is 6.54 Å². The average Bonchev–Trinajstić information content (AvgIpc) is 3.12. The molecular formula is C16H25NO. The molecule has 0 aromatic heterocycles. The Kier molecular flexibility index (Phi) is 4.28. The second-order valence-corrected chi connectivity index (χ2v) is 5.85. The lowest BCUT2D eigenvalue weighted by molar-refractivity contribution is 0.147. The summed E-state index contributed by atoms with van der Waals surface area (Å²) < 4.78 is 6.20. The molecule has 18 heavy (non-hydrogen) atoms. The zero-order valence-corrected chi connectivity index (χ0v) is 12.0. The van der Waals surface area contributed by atoms with E-state index in [1.54, 1.807) is 0 Å². The minimum absolute atomic E-state index is 0.256. The van der Waals surface area contributed by atoms with Crippen LogP contribution in [0.15, 0.2) is 18.2 Å². The fourth-order valence-corrected chi connectivity index (χ4v) is 1.98. The molecule has 1 atom stereocenters. The molecule has 0 amide bonds. The van der Waals surface area contributed by atoms with Crippen LogP contribution >= 0.6 is 0 Å². The van der Waals surface area contributed by atoms with Crippen LogP contribution in [0.1, 0.15) is 37.8 Å². The summed E-state index contributed by atoms with van der Waals surface area (Å²) in [5.41, 5.74) is 2.48. The first-order chi connectivity index (χ1) is 8.56. The van der Waals surface area contributed by atoms with Crippen molar-refractivity contribution in [2.45, 2.75) is 52.7 Å². The molecule has 2 nitrogen and oxygen atoms in total. The van der Waals surface area contributed by atoms with Crippen LogP contribution < -0.4 is 10.1 Å². The molecule has 0 aliphatic heterocycles. The molecule has 2 rings (SSSR count). The van der Waals surface area contributed by atoms with Crippen LogP contribution in [0.2, 0.25) is 0 Å². The van der Waals surface area contributed by atoms with Crippen LogP contribution in [0.25, 0.3) is 0 Å². The van der Waals surface area contributed by atoms with E-state index in [9.17, 15) is 0 Å². The van der Waals surface area contributed by atoms with Crippen molar-refractivity contribution in [2.24, 2.45) is 5.92 Å². The van der Waals surface area contributed by atoms with Crippen molar-refractivity contribution in [3.63, 3.8) is 0 Å². The monoisotopic (exact) mass is 247 g/mol. The molecule has 1 N–H and O–H groups in total. The lowest BCUT2D eigenvalue weighted by atomic mass is 10.1. The van der Waals surface area contributed by atoms with Crippen molar-refractivity contribution in [3.05, 3.63) is 29.3 Å². The highest BCUT2D eigenvalue weighted by atomic mass is 16.5. The van der Waals surface area contributed by atoms with Crippen LogP contribution in [0, 0.1) is 19.8 Å². The minimum Gasteiger partial charge on any atom is -0.489 e. The van der Waals surface area contributed by atoms with Gasteiger partial charge in [-0.05, 0) is 49.8 Å². The highest BCUT2D eigenvalue weighted by Crippen LogP contribution is 2.23. The van der Waals surface area contributed by atoms with Crippen LogP contribution in [0.3, 0.4) is 0 Å². The van der Waals surface area contributed by atoms with Crippen LogP contribution in [-0.4, -0.2) is 18.7 Å². The lowest BCUT2D eigenvalue weighted by Crippen LogP contribution is -2.36. The van der Waals surface area contributed by atoms with Gasteiger partial charge in [0.25, 0.3) is 0 Å². The molecule has 1 aromatic rings. The molecule has 1 aliphatic carbocycles. The summed E-state index contributed by atoms with van der Waals surface area (Å²) in [6, 6.07) is 7.15. The standard InChI is InChI=1S/C16H25NO/c1-11(2)16(10-17-14-7-8-14)18-15-9-12(3)5-6-13(15)4/h5-6,9,11,14,16-17H,7-8,10H2,1-4H3. The summed E-state index contributed by atoms with van der Waals surface area (Å²) in [4.78, 5) is 0. The van der Waals surface area contributed by atoms with Gasteiger partial charge in [0.05, 0.1) is 0 Å². The van der Waals surface area contributed by atoms with Crippen LogP contribution in [-0.2, 0) is 0 Å². The predicted octanol–water partition coefficient (Wildman–Crippen LogP) is 3.46. The van der Waals surface area contributed by atoms with E-state index in [0.717, 1.165) is 18.3 Å². The second-order valence-electron chi connectivity index (χ2n) is 5.85. The van der Waals surface area contributed by atoms with Crippen molar-refractivity contribution in [1.82, 2.24) is 5.32 Å². The Labute approximate surface area is 111 Å². The molecule has 0 bridgehead atoms. The Bertz CT molecular complexity index is 396. The Hall–Kier alpha value is -1.02. The molecule has 1 fully saturated rings. The summed E-state index contributed by atoms with van der Waals surface area (Å²) in [5, 5.41) is 3.57. The normalized spacial score (nSPS) is 16.9. The molecule has 1 aromatic carbocycles. The van der Waals surface area contributed by atoms with Gasteiger partial charge in [0.15, 0.2) is 0 Å². The molecule has 0 saturated heterocycles. The topological polar surface area (TPSA) is 21.3 Å². The lowest BCUT2D eigenvalue weighted by Gasteiger charge is -2.24. The van der Waals surface area contributed by atoms with Gasteiger partial charge in [-0.3, -0.25) is 0 Å². The van der Waals surface area contributed by atoms with Crippen molar-refractivity contribution in [1.29, 1.82) is 0 Å². The maximum absolute atomic E-state index is 6.20. The number of hydrogen-bond donors (Lipinski definition) is 1. The van der Waals surface area contributed by atoms with Gasteiger partial charge in [-0.1, -0.05) is 26.0 Å².